The predicted molar refractivity (Wildman–Crippen MR) is 110 cm³/mol. The summed E-state index contributed by atoms with van der Waals surface area (Å²) >= 11 is 0. The quantitative estimate of drug-likeness (QED) is 0.716. The predicted octanol–water partition coefficient (Wildman–Crippen LogP) is 3.19. The number of hydrogen-bond acceptors (Lipinski definition) is 3. The van der Waals surface area contributed by atoms with Crippen LogP contribution in [0.15, 0.2) is 48.5 Å². The SMILES string of the molecule is Cc1ccccc1C(=O)NCc1nc2ccccc2n1CC(=O)NC(C)(C)C. The van der Waals surface area contributed by atoms with Crippen molar-refractivity contribution in [2.75, 3.05) is 0 Å². The standard InChI is InChI=1S/C22H26N4O2/c1-15-9-5-6-10-16(15)21(28)23-13-19-24-17-11-7-8-12-18(17)26(19)14-20(27)25-22(2,3)4/h5-12H,13-14H2,1-4H3,(H,23,28)(H,25,27). The Kier molecular flexibility index (Phi) is 5.49. The maximum absolute atomic E-state index is 12.5. The lowest BCUT2D eigenvalue weighted by molar-refractivity contribution is -0.123. The molecular formula is C22H26N4O2. The van der Waals surface area contributed by atoms with Crippen molar-refractivity contribution in [2.24, 2.45) is 0 Å². The van der Waals surface area contributed by atoms with Gasteiger partial charge in [0, 0.05) is 11.1 Å². The molecule has 2 aromatic carbocycles. The molecule has 28 heavy (non-hydrogen) atoms. The van der Waals surface area contributed by atoms with E-state index >= 15 is 0 Å². The van der Waals surface area contributed by atoms with Gasteiger partial charge in [0.15, 0.2) is 0 Å². The number of rotatable bonds is 5. The first-order chi connectivity index (χ1) is 13.2. The van der Waals surface area contributed by atoms with Crippen molar-refractivity contribution in [3.63, 3.8) is 0 Å². The van der Waals surface area contributed by atoms with Crippen LogP contribution < -0.4 is 10.6 Å². The smallest absolute Gasteiger partial charge is 0.251 e. The van der Waals surface area contributed by atoms with Gasteiger partial charge in [-0.3, -0.25) is 9.59 Å². The van der Waals surface area contributed by atoms with Crippen LogP contribution in [0.3, 0.4) is 0 Å². The summed E-state index contributed by atoms with van der Waals surface area (Å²) in [6, 6.07) is 15.1. The van der Waals surface area contributed by atoms with Crippen molar-refractivity contribution in [1.82, 2.24) is 20.2 Å². The third kappa shape index (κ3) is 4.57. The van der Waals surface area contributed by atoms with E-state index in [1.165, 1.54) is 0 Å². The number of carbonyl (C=O) groups excluding carboxylic acids is 2. The molecule has 3 aromatic rings. The third-order valence-electron chi connectivity index (χ3n) is 4.35. The van der Waals surface area contributed by atoms with Crippen LogP contribution >= 0.6 is 0 Å². The Hall–Kier alpha value is -3.15. The van der Waals surface area contributed by atoms with E-state index in [1.54, 1.807) is 6.07 Å². The second-order valence-electron chi connectivity index (χ2n) is 7.90. The van der Waals surface area contributed by atoms with Gasteiger partial charge in [-0.05, 0) is 51.5 Å². The molecule has 2 N–H and O–H groups in total. The van der Waals surface area contributed by atoms with E-state index in [4.69, 9.17) is 0 Å². The van der Waals surface area contributed by atoms with Crippen LogP contribution in [0, 0.1) is 6.92 Å². The first-order valence-electron chi connectivity index (χ1n) is 9.33. The lowest BCUT2D eigenvalue weighted by Crippen LogP contribution is -2.42. The molecule has 0 saturated heterocycles. The highest BCUT2D eigenvalue weighted by molar-refractivity contribution is 5.95. The maximum Gasteiger partial charge on any atom is 0.251 e. The number of imidazole rings is 1. The fourth-order valence-corrected chi connectivity index (χ4v) is 3.12. The number of benzene rings is 2. The molecule has 0 bridgehead atoms. The van der Waals surface area contributed by atoms with Gasteiger partial charge in [0.1, 0.15) is 12.4 Å². The van der Waals surface area contributed by atoms with Crippen molar-refractivity contribution in [3.05, 3.63) is 65.5 Å². The molecular weight excluding hydrogens is 352 g/mol. The second-order valence-corrected chi connectivity index (χ2v) is 7.90. The number of nitrogens with one attached hydrogen (secondary N) is 2. The van der Waals surface area contributed by atoms with E-state index in [2.05, 4.69) is 15.6 Å². The van der Waals surface area contributed by atoms with Crippen LogP contribution in [0.25, 0.3) is 11.0 Å². The van der Waals surface area contributed by atoms with Crippen LogP contribution in [0.4, 0.5) is 0 Å². The van der Waals surface area contributed by atoms with Gasteiger partial charge in [0.05, 0.1) is 17.6 Å². The summed E-state index contributed by atoms with van der Waals surface area (Å²) in [5, 5.41) is 5.90. The Morgan fingerprint density at radius 1 is 1.04 bits per heavy atom. The van der Waals surface area contributed by atoms with Crippen molar-refractivity contribution >= 4 is 22.8 Å². The summed E-state index contributed by atoms with van der Waals surface area (Å²) in [6.45, 7) is 8.12. The van der Waals surface area contributed by atoms with Gasteiger partial charge < -0.3 is 15.2 Å². The van der Waals surface area contributed by atoms with E-state index in [9.17, 15) is 9.59 Å². The Balaban J connectivity index is 1.83. The number of aryl methyl sites for hydroxylation is 1. The van der Waals surface area contributed by atoms with Gasteiger partial charge in [-0.15, -0.1) is 0 Å². The summed E-state index contributed by atoms with van der Waals surface area (Å²) in [6.07, 6.45) is 0. The molecule has 0 saturated carbocycles. The highest BCUT2D eigenvalue weighted by Crippen LogP contribution is 2.16. The average molecular weight is 378 g/mol. The van der Waals surface area contributed by atoms with Gasteiger partial charge in [-0.2, -0.15) is 0 Å². The molecule has 0 spiro atoms. The normalized spacial score (nSPS) is 11.4. The number of aromatic nitrogens is 2. The molecule has 0 atom stereocenters. The minimum absolute atomic E-state index is 0.0952. The molecule has 6 nitrogen and oxygen atoms in total. The summed E-state index contributed by atoms with van der Waals surface area (Å²) in [5.41, 5.74) is 2.90. The zero-order valence-corrected chi connectivity index (χ0v) is 16.7. The van der Waals surface area contributed by atoms with Crippen LogP contribution in [0.2, 0.25) is 0 Å². The summed E-state index contributed by atoms with van der Waals surface area (Å²) in [7, 11) is 0. The second kappa shape index (κ2) is 7.84. The molecule has 2 amide bonds. The fraction of sp³-hybridized carbons (Fsp3) is 0.318. The molecule has 0 radical (unpaired) electrons. The van der Waals surface area contributed by atoms with Crippen LogP contribution in [-0.4, -0.2) is 26.9 Å². The highest BCUT2D eigenvalue weighted by atomic mass is 16.2. The van der Waals surface area contributed by atoms with Crippen LogP contribution in [-0.2, 0) is 17.9 Å². The number of carbonyl (C=O) groups is 2. The summed E-state index contributed by atoms with van der Waals surface area (Å²) in [4.78, 5) is 29.6. The Bertz CT molecular complexity index is 1010. The number of fused-ring (bicyclic) bond motifs is 1. The average Bonchev–Trinajstić information content (AvgIpc) is 2.96. The van der Waals surface area contributed by atoms with Crippen molar-refractivity contribution < 1.29 is 9.59 Å². The fourth-order valence-electron chi connectivity index (χ4n) is 3.12. The van der Waals surface area contributed by atoms with Crippen LogP contribution in [0.5, 0.6) is 0 Å². The summed E-state index contributed by atoms with van der Waals surface area (Å²) < 4.78 is 1.86. The van der Waals surface area contributed by atoms with Crippen molar-refractivity contribution in [3.8, 4) is 0 Å². The molecule has 1 heterocycles. The molecule has 6 heteroatoms. The van der Waals surface area contributed by atoms with Crippen molar-refractivity contribution in [1.29, 1.82) is 0 Å². The van der Waals surface area contributed by atoms with Crippen LogP contribution in [0.1, 0.15) is 42.5 Å². The molecule has 0 aliphatic rings. The molecule has 0 fully saturated rings. The molecule has 146 valence electrons. The maximum atomic E-state index is 12.5. The highest BCUT2D eigenvalue weighted by Gasteiger charge is 2.18. The summed E-state index contributed by atoms with van der Waals surface area (Å²) in [5.74, 6) is 0.394. The van der Waals surface area contributed by atoms with Crippen molar-refractivity contribution in [2.45, 2.75) is 46.3 Å². The van der Waals surface area contributed by atoms with E-state index in [1.807, 2.05) is 74.7 Å². The lowest BCUT2D eigenvalue weighted by Gasteiger charge is -2.21. The minimum Gasteiger partial charge on any atom is -0.350 e. The first-order valence-corrected chi connectivity index (χ1v) is 9.33. The molecule has 3 rings (SSSR count). The molecule has 0 aliphatic carbocycles. The van der Waals surface area contributed by atoms with Gasteiger partial charge in [0.2, 0.25) is 5.91 Å². The number of para-hydroxylation sites is 2. The zero-order valence-electron chi connectivity index (χ0n) is 16.7. The third-order valence-corrected chi connectivity index (χ3v) is 4.35. The largest absolute Gasteiger partial charge is 0.350 e. The first kappa shape index (κ1) is 19.6. The lowest BCUT2D eigenvalue weighted by atomic mass is 10.1. The minimum atomic E-state index is -0.313. The van der Waals surface area contributed by atoms with E-state index in [0.29, 0.717) is 11.4 Å². The Morgan fingerprint density at radius 3 is 2.43 bits per heavy atom. The zero-order chi connectivity index (χ0) is 20.3. The van der Waals surface area contributed by atoms with E-state index in [0.717, 1.165) is 16.6 Å². The van der Waals surface area contributed by atoms with E-state index in [-0.39, 0.29) is 30.4 Å². The number of nitrogens with zero attached hydrogens (tertiary/aromatic N) is 2. The van der Waals surface area contributed by atoms with Gasteiger partial charge in [0.25, 0.3) is 5.91 Å². The Morgan fingerprint density at radius 2 is 1.71 bits per heavy atom. The van der Waals surface area contributed by atoms with Gasteiger partial charge >= 0.3 is 0 Å². The molecule has 1 aromatic heterocycles. The molecule has 0 unspecified atom stereocenters. The van der Waals surface area contributed by atoms with Gasteiger partial charge in [-0.25, -0.2) is 4.98 Å². The topological polar surface area (TPSA) is 76.0 Å². The van der Waals surface area contributed by atoms with E-state index < -0.39 is 0 Å². The number of hydrogen-bond donors (Lipinski definition) is 2. The van der Waals surface area contributed by atoms with Gasteiger partial charge in [-0.1, -0.05) is 30.3 Å². The number of amides is 2. The Labute approximate surface area is 165 Å². The molecule has 0 aliphatic heterocycles. The monoisotopic (exact) mass is 378 g/mol.